The van der Waals surface area contributed by atoms with Crippen molar-refractivity contribution in [2.24, 2.45) is 11.7 Å². The van der Waals surface area contributed by atoms with Crippen LogP contribution in [0.15, 0.2) is 36.9 Å². The second-order valence-corrected chi connectivity index (χ2v) is 3.70. The lowest BCUT2D eigenvalue weighted by atomic mass is 9.91. The summed E-state index contributed by atoms with van der Waals surface area (Å²) in [5.41, 5.74) is 7.16. The molecule has 1 aliphatic heterocycles. The Hall–Kier alpha value is -1.28. The van der Waals surface area contributed by atoms with Gasteiger partial charge in [0.1, 0.15) is 5.75 Å². The molecule has 1 aromatic rings. The Morgan fingerprint density at radius 1 is 1.50 bits per heavy atom. The van der Waals surface area contributed by atoms with E-state index < -0.39 is 0 Å². The third-order valence-corrected chi connectivity index (χ3v) is 2.72. The van der Waals surface area contributed by atoms with Crippen molar-refractivity contribution in [2.75, 3.05) is 6.61 Å². The number of hydrogen-bond donors (Lipinski definition) is 1. The van der Waals surface area contributed by atoms with Crippen molar-refractivity contribution >= 4 is 0 Å². The number of rotatable bonds is 2. The van der Waals surface area contributed by atoms with E-state index >= 15 is 0 Å². The molecule has 0 aliphatic carbocycles. The molecule has 1 aliphatic rings. The second kappa shape index (κ2) is 3.84. The molecule has 14 heavy (non-hydrogen) atoms. The largest absolute Gasteiger partial charge is 0.493 e. The molecule has 2 unspecified atom stereocenters. The monoisotopic (exact) mass is 189 g/mol. The third kappa shape index (κ3) is 1.66. The van der Waals surface area contributed by atoms with Crippen LogP contribution in [-0.2, 0) is 6.42 Å². The summed E-state index contributed by atoms with van der Waals surface area (Å²) in [5.74, 6) is 1.36. The Morgan fingerprint density at radius 3 is 3.07 bits per heavy atom. The van der Waals surface area contributed by atoms with Gasteiger partial charge in [-0.1, -0.05) is 24.3 Å². The molecule has 1 heterocycles. The van der Waals surface area contributed by atoms with Crippen LogP contribution in [0.2, 0.25) is 0 Å². The highest BCUT2D eigenvalue weighted by molar-refractivity contribution is 5.35. The maximum atomic E-state index is 5.91. The minimum atomic E-state index is 0.0309. The Kier molecular flexibility index (Phi) is 2.55. The third-order valence-electron chi connectivity index (χ3n) is 2.72. The van der Waals surface area contributed by atoms with Crippen molar-refractivity contribution in [1.82, 2.24) is 0 Å². The van der Waals surface area contributed by atoms with E-state index in [1.807, 2.05) is 18.2 Å². The van der Waals surface area contributed by atoms with Gasteiger partial charge in [0, 0.05) is 12.0 Å². The molecule has 0 amide bonds. The minimum absolute atomic E-state index is 0.0309. The normalized spacial score (nSPS) is 21.9. The first-order chi connectivity index (χ1) is 6.81. The van der Waals surface area contributed by atoms with Crippen LogP contribution in [0.3, 0.4) is 0 Å². The van der Waals surface area contributed by atoms with Crippen molar-refractivity contribution in [1.29, 1.82) is 0 Å². The molecule has 0 bridgehead atoms. The summed E-state index contributed by atoms with van der Waals surface area (Å²) in [7, 11) is 0. The highest BCUT2D eigenvalue weighted by atomic mass is 16.5. The summed E-state index contributed by atoms with van der Waals surface area (Å²) in [6, 6.07) is 8.15. The molecule has 0 radical (unpaired) electrons. The maximum absolute atomic E-state index is 5.91. The number of hydrogen-bond acceptors (Lipinski definition) is 2. The Morgan fingerprint density at radius 2 is 2.29 bits per heavy atom. The summed E-state index contributed by atoms with van der Waals surface area (Å²) >= 11 is 0. The molecule has 2 heteroatoms. The Bertz CT molecular complexity index is 335. The average molecular weight is 189 g/mol. The number of nitrogens with two attached hydrogens (primary N) is 1. The van der Waals surface area contributed by atoms with Crippen LogP contribution >= 0.6 is 0 Å². The van der Waals surface area contributed by atoms with Gasteiger partial charge in [0.2, 0.25) is 0 Å². The highest BCUT2D eigenvalue weighted by Gasteiger charge is 2.22. The van der Waals surface area contributed by atoms with E-state index in [-0.39, 0.29) is 6.04 Å². The van der Waals surface area contributed by atoms with E-state index in [2.05, 4.69) is 12.6 Å². The zero-order valence-corrected chi connectivity index (χ0v) is 8.15. The second-order valence-electron chi connectivity index (χ2n) is 3.70. The van der Waals surface area contributed by atoms with E-state index in [4.69, 9.17) is 10.5 Å². The fraction of sp³-hybridized carbons (Fsp3) is 0.333. The first-order valence-corrected chi connectivity index (χ1v) is 4.90. The summed E-state index contributed by atoms with van der Waals surface area (Å²) in [5, 5.41) is 0. The number of benzene rings is 1. The van der Waals surface area contributed by atoms with Crippen molar-refractivity contribution in [3.63, 3.8) is 0 Å². The molecule has 0 fully saturated rings. The minimum Gasteiger partial charge on any atom is -0.493 e. The summed E-state index contributed by atoms with van der Waals surface area (Å²) in [6.45, 7) is 4.41. The van der Waals surface area contributed by atoms with Crippen molar-refractivity contribution < 1.29 is 4.74 Å². The van der Waals surface area contributed by atoms with E-state index in [9.17, 15) is 0 Å². The van der Waals surface area contributed by atoms with Crippen LogP contribution in [0.25, 0.3) is 0 Å². The lowest BCUT2D eigenvalue weighted by Gasteiger charge is -2.27. The van der Waals surface area contributed by atoms with Crippen LogP contribution in [0, 0.1) is 5.92 Å². The molecule has 74 valence electrons. The first kappa shape index (κ1) is 9.28. The summed E-state index contributed by atoms with van der Waals surface area (Å²) < 4.78 is 5.63. The van der Waals surface area contributed by atoms with Gasteiger partial charge >= 0.3 is 0 Å². The predicted octanol–water partition coefficient (Wildman–Crippen LogP) is 1.75. The standard InChI is InChI=1S/C12H15NO/c1-2-11(13)10-7-9-5-3-4-6-12(9)14-8-10/h2-6,10-11H,1,7-8,13H2. The Balaban J connectivity index is 2.17. The van der Waals surface area contributed by atoms with Gasteiger partial charge in [0.15, 0.2) is 0 Å². The smallest absolute Gasteiger partial charge is 0.122 e. The predicted molar refractivity (Wildman–Crippen MR) is 57.3 cm³/mol. The first-order valence-electron chi connectivity index (χ1n) is 4.90. The quantitative estimate of drug-likeness (QED) is 0.719. The fourth-order valence-corrected chi connectivity index (χ4v) is 1.79. The molecule has 0 aromatic heterocycles. The SMILES string of the molecule is C=CC(N)C1COc2ccccc2C1. The average Bonchev–Trinajstić information content (AvgIpc) is 2.27. The van der Waals surface area contributed by atoms with E-state index in [1.165, 1.54) is 5.56 Å². The number of para-hydroxylation sites is 1. The maximum Gasteiger partial charge on any atom is 0.122 e. The molecular weight excluding hydrogens is 174 g/mol. The Labute approximate surface area is 84.4 Å². The fourth-order valence-electron chi connectivity index (χ4n) is 1.79. The van der Waals surface area contributed by atoms with Gasteiger partial charge in [-0.15, -0.1) is 6.58 Å². The molecule has 2 N–H and O–H groups in total. The van der Waals surface area contributed by atoms with Crippen LogP contribution in [-0.4, -0.2) is 12.6 Å². The van der Waals surface area contributed by atoms with Gasteiger partial charge in [-0.2, -0.15) is 0 Å². The zero-order valence-electron chi connectivity index (χ0n) is 8.15. The van der Waals surface area contributed by atoms with Gasteiger partial charge in [0.25, 0.3) is 0 Å². The van der Waals surface area contributed by atoms with E-state index in [0.717, 1.165) is 12.2 Å². The molecule has 2 atom stereocenters. The zero-order chi connectivity index (χ0) is 9.97. The van der Waals surface area contributed by atoms with Crippen molar-refractivity contribution in [3.05, 3.63) is 42.5 Å². The highest BCUT2D eigenvalue weighted by Crippen LogP contribution is 2.27. The van der Waals surface area contributed by atoms with Gasteiger partial charge in [-0.05, 0) is 18.1 Å². The molecule has 0 saturated heterocycles. The molecule has 2 nitrogen and oxygen atoms in total. The number of ether oxygens (including phenoxy) is 1. The molecule has 0 saturated carbocycles. The topological polar surface area (TPSA) is 35.2 Å². The van der Waals surface area contributed by atoms with E-state index in [1.54, 1.807) is 6.08 Å². The number of fused-ring (bicyclic) bond motifs is 1. The van der Waals surface area contributed by atoms with Gasteiger partial charge < -0.3 is 10.5 Å². The molecule has 0 spiro atoms. The van der Waals surface area contributed by atoms with Gasteiger partial charge in [-0.25, -0.2) is 0 Å². The van der Waals surface area contributed by atoms with Crippen LogP contribution < -0.4 is 10.5 Å². The van der Waals surface area contributed by atoms with E-state index in [0.29, 0.717) is 12.5 Å². The molecular formula is C12H15NO. The van der Waals surface area contributed by atoms with Gasteiger partial charge in [0.05, 0.1) is 6.61 Å². The summed E-state index contributed by atoms with van der Waals surface area (Å²) in [6.07, 6.45) is 2.78. The van der Waals surface area contributed by atoms with Crippen molar-refractivity contribution in [2.45, 2.75) is 12.5 Å². The summed E-state index contributed by atoms with van der Waals surface area (Å²) in [4.78, 5) is 0. The van der Waals surface area contributed by atoms with Crippen LogP contribution in [0.4, 0.5) is 0 Å². The lowest BCUT2D eigenvalue weighted by Crippen LogP contribution is -2.36. The van der Waals surface area contributed by atoms with Crippen LogP contribution in [0.1, 0.15) is 5.56 Å². The lowest BCUT2D eigenvalue weighted by molar-refractivity contribution is 0.211. The van der Waals surface area contributed by atoms with Gasteiger partial charge in [-0.3, -0.25) is 0 Å². The van der Waals surface area contributed by atoms with Crippen molar-refractivity contribution in [3.8, 4) is 5.75 Å². The molecule has 2 rings (SSSR count). The molecule has 1 aromatic carbocycles. The van der Waals surface area contributed by atoms with Crippen LogP contribution in [0.5, 0.6) is 5.75 Å².